The van der Waals surface area contributed by atoms with Crippen LogP contribution in [-0.4, -0.2) is 34.9 Å². The molecule has 2 bridgehead atoms. The Morgan fingerprint density at radius 2 is 2.12 bits per heavy atom. The number of Topliss-reactive ketones (excluding diaryl/α,β-unsaturated/α-hetero) is 1. The van der Waals surface area contributed by atoms with Gasteiger partial charge in [0.05, 0.1) is 0 Å². The molecule has 1 heterocycles. The molecule has 0 radical (unpaired) electrons. The normalized spacial score (nSPS) is 34.1. The van der Waals surface area contributed by atoms with Crippen molar-refractivity contribution in [3.8, 4) is 5.75 Å². The molecular weight excluding hydrogens is 322 g/mol. The number of phenols is 1. The smallest absolute Gasteiger partial charge is 0.133 e. The maximum Gasteiger partial charge on any atom is 0.133 e. The molecule has 0 amide bonds. The third-order valence-corrected chi connectivity index (χ3v) is 8.08. The topological polar surface area (TPSA) is 40.5 Å². The zero-order valence-corrected chi connectivity index (χ0v) is 15.8. The van der Waals surface area contributed by atoms with E-state index in [1.165, 1.54) is 49.8 Å². The Kier molecular flexibility index (Phi) is 4.11. The first-order chi connectivity index (χ1) is 12.7. The molecule has 0 aromatic heterocycles. The summed E-state index contributed by atoms with van der Waals surface area (Å²) in [6, 6.07) is 6.52. The molecule has 3 atom stereocenters. The van der Waals surface area contributed by atoms with E-state index in [1.54, 1.807) is 0 Å². The molecule has 1 saturated heterocycles. The number of hydrogen-bond acceptors (Lipinski definition) is 3. The van der Waals surface area contributed by atoms with Gasteiger partial charge in [0, 0.05) is 24.3 Å². The van der Waals surface area contributed by atoms with Gasteiger partial charge in [-0.3, -0.25) is 9.69 Å². The molecule has 3 fully saturated rings. The van der Waals surface area contributed by atoms with E-state index in [2.05, 4.69) is 11.0 Å². The molecular formula is C23H31NO2. The van der Waals surface area contributed by atoms with E-state index in [1.807, 2.05) is 12.1 Å². The van der Waals surface area contributed by atoms with Gasteiger partial charge in [-0.15, -0.1) is 0 Å². The molecule has 3 heteroatoms. The van der Waals surface area contributed by atoms with Crippen molar-refractivity contribution in [3.05, 3.63) is 29.3 Å². The number of carbonyl (C=O) groups excluding carboxylic acids is 1. The van der Waals surface area contributed by atoms with Crippen molar-refractivity contribution in [1.82, 2.24) is 4.90 Å². The van der Waals surface area contributed by atoms with Crippen LogP contribution in [0.1, 0.15) is 68.9 Å². The van der Waals surface area contributed by atoms with Crippen LogP contribution >= 0.6 is 0 Å². The molecule has 3 nitrogen and oxygen atoms in total. The number of rotatable bonds is 4. The minimum absolute atomic E-state index is 0.00318. The number of phenolic OH excluding ortho intramolecular Hbond substituents is 1. The molecule has 1 aromatic rings. The van der Waals surface area contributed by atoms with Gasteiger partial charge in [0.2, 0.25) is 0 Å². The minimum Gasteiger partial charge on any atom is -0.508 e. The molecule has 3 aliphatic carbocycles. The summed E-state index contributed by atoms with van der Waals surface area (Å²) in [7, 11) is 0. The Morgan fingerprint density at radius 3 is 2.92 bits per heavy atom. The maximum atomic E-state index is 12.4. The molecule has 1 aliphatic heterocycles. The van der Waals surface area contributed by atoms with E-state index in [0.29, 0.717) is 29.9 Å². The first-order valence-corrected chi connectivity index (χ1v) is 10.7. The number of piperidine rings is 1. The Hall–Kier alpha value is -1.35. The number of aromatic hydroxyl groups is 1. The standard InChI is InChI=1S/C23H31NO2/c25-18-7-6-17-13-22-20-9-8-19(26)15-23(20,21(17)14-18)10-12-24(22)11-2-5-16-3-1-4-16/h6-7,14,16,20,22,25H,1-5,8-13,15H2/t20-,22+,23-/m0/s1. The summed E-state index contributed by atoms with van der Waals surface area (Å²) in [5.41, 5.74) is 2.67. The van der Waals surface area contributed by atoms with Crippen LogP contribution < -0.4 is 0 Å². The highest BCUT2D eigenvalue weighted by Crippen LogP contribution is 2.55. The summed E-state index contributed by atoms with van der Waals surface area (Å²) >= 11 is 0. The molecule has 0 spiro atoms. The fraction of sp³-hybridized carbons (Fsp3) is 0.696. The van der Waals surface area contributed by atoms with Crippen molar-refractivity contribution in [2.45, 2.75) is 75.7 Å². The zero-order chi connectivity index (χ0) is 17.7. The van der Waals surface area contributed by atoms with Crippen molar-refractivity contribution in [1.29, 1.82) is 0 Å². The summed E-state index contributed by atoms with van der Waals surface area (Å²) < 4.78 is 0. The highest BCUT2D eigenvalue weighted by atomic mass is 16.3. The minimum atomic E-state index is -0.00318. The summed E-state index contributed by atoms with van der Waals surface area (Å²) in [4.78, 5) is 15.2. The third kappa shape index (κ3) is 2.62. The van der Waals surface area contributed by atoms with Crippen molar-refractivity contribution < 1.29 is 9.90 Å². The second-order valence-electron chi connectivity index (χ2n) is 9.35. The van der Waals surface area contributed by atoms with E-state index in [-0.39, 0.29) is 5.41 Å². The average Bonchev–Trinajstić information content (AvgIpc) is 2.59. The molecule has 1 N–H and O–H groups in total. The van der Waals surface area contributed by atoms with Gasteiger partial charge in [0.15, 0.2) is 0 Å². The predicted octanol–water partition coefficient (Wildman–Crippen LogP) is 4.21. The number of carbonyl (C=O) groups is 1. The molecule has 0 unspecified atom stereocenters. The van der Waals surface area contributed by atoms with E-state index in [0.717, 1.165) is 38.1 Å². The van der Waals surface area contributed by atoms with Gasteiger partial charge < -0.3 is 5.11 Å². The third-order valence-electron chi connectivity index (χ3n) is 8.08. The van der Waals surface area contributed by atoms with Gasteiger partial charge in [-0.2, -0.15) is 0 Å². The van der Waals surface area contributed by atoms with Gasteiger partial charge in [-0.25, -0.2) is 0 Å². The summed E-state index contributed by atoms with van der Waals surface area (Å²) in [5.74, 6) is 2.37. The van der Waals surface area contributed by atoms with E-state index in [4.69, 9.17) is 0 Å². The van der Waals surface area contributed by atoms with E-state index in [9.17, 15) is 9.90 Å². The van der Waals surface area contributed by atoms with Crippen LogP contribution in [0.4, 0.5) is 0 Å². The summed E-state index contributed by atoms with van der Waals surface area (Å²) in [5, 5.41) is 10.1. The Labute approximate surface area is 156 Å². The SMILES string of the molecule is O=C1CC[C@H]2[C@H]3Cc4ccc(O)cc4[C@@]2(CCN3CCCC2CCC2)C1. The Balaban J connectivity index is 1.42. The largest absolute Gasteiger partial charge is 0.508 e. The maximum absolute atomic E-state index is 12.4. The highest BCUT2D eigenvalue weighted by Gasteiger charge is 2.55. The van der Waals surface area contributed by atoms with Crippen LogP contribution in [0.3, 0.4) is 0 Å². The van der Waals surface area contributed by atoms with Gasteiger partial charge in [0.25, 0.3) is 0 Å². The number of fused-ring (bicyclic) bond motifs is 1. The van der Waals surface area contributed by atoms with Gasteiger partial charge in [-0.1, -0.05) is 25.3 Å². The van der Waals surface area contributed by atoms with Crippen LogP contribution in [0.15, 0.2) is 18.2 Å². The lowest BCUT2D eigenvalue weighted by atomic mass is 9.52. The van der Waals surface area contributed by atoms with Crippen LogP contribution in [0, 0.1) is 11.8 Å². The molecule has 26 heavy (non-hydrogen) atoms. The van der Waals surface area contributed by atoms with Crippen LogP contribution in [0.2, 0.25) is 0 Å². The van der Waals surface area contributed by atoms with E-state index < -0.39 is 0 Å². The van der Waals surface area contributed by atoms with Crippen LogP contribution in [-0.2, 0) is 16.6 Å². The molecule has 4 aliphatic rings. The quantitative estimate of drug-likeness (QED) is 0.881. The van der Waals surface area contributed by atoms with Crippen LogP contribution in [0.25, 0.3) is 0 Å². The summed E-state index contributed by atoms with van der Waals surface area (Å²) in [6.07, 6.45) is 11.8. The number of nitrogens with zero attached hydrogens (tertiary/aromatic N) is 1. The van der Waals surface area contributed by atoms with Gasteiger partial charge >= 0.3 is 0 Å². The fourth-order valence-corrected chi connectivity index (χ4v) is 6.54. The first-order valence-electron chi connectivity index (χ1n) is 10.7. The van der Waals surface area contributed by atoms with Crippen molar-refractivity contribution in [3.63, 3.8) is 0 Å². The number of benzene rings is 1. The lowest BCUT2D eigenvalue weighted by Crippen LogP contribution is -2.62. The number of ketones is 1. The zero-order valence-electron chi connectivity index (χ0n) is 15.8. The first kappa shape index (κ1) is 16.8. The lowest BCUT2D eigenvalue weighted by Gasteiger charge is -2.58. The predicted molar refractivity (Wildman–Crippen MR) is 102 cm³/mol. The number of likely N-dealkylation sites (tertiary alicyclic amines) is 1. The lowest BCUT2D eigenvalue weighted by molar-refractivity contribution is -0.127. The highest BCUT2D eigenvalue weighted by molar-refractivity contribution is 5.81. The monoisotopic (exact) mass is 353 g/mol. The van der Waals surface area contributed by atoms with Gasteiger partial charge in [-0.05, 0) is 80.3 Å². The second kappa shape index (κ2) is 6.37. The number of hydrogen-bond donors (Lipinski definition) is 1. The van der Waals surface area contributed by atoms with E-state index >= 15 is 0 Å². The molecule has 2 saturated carbocycles. The molecule has 1 aromatic carbocycles. The van der Waals surface area contributed by atoms with Crippen molar-refractivity contribution in [2.75, 3.05) is 13.1 Å². The van der Waals surface area contributed by atoms with Crippen molar-refractivity contribution >= 4 is 5.78 Å². The molecule has 5 rings (SSSR count). The Morgan fingerprint density at radius 1 is 1.23 bits per heavy atom. The van der Waals surface area contributed by atoms with Gasteiger partial charge in [0.1, 0.15) is 11.5 Å². The van der Waals surface area contributed by atoms with Crippen molar-refractivity contribution in [2.24, 2.45) is 11.8 Å². The molecule has 140 valence electrons. The Bertz CT molecular complexity index is 710. The second-order valence-corrected chi connectivity index (χ2v) is 9.35. The van der Waals surface area contributed by atoms with Crippen LogP contribution in [0.5, 0.6) is 5.75 Å². The average molecular weight is 354 g/mol. The fourth-order valence-electron chi connectivity index (χ4n) is 6.54. The summed E-state index contributed by atoms with van der Waals surface area (Å²) in [6.45, 7) is 2.35.